The van der Waals surface area contributed by atoms with Gasteiger partial charge in [0.2, 0.25) is 0 Å². The Kier molecular flexibility index (Phi) is 4.50. The number of hydrogen-bond acceptors (Lipinski definition) is 1. The van der Waals surface area contributed by atoms with Crippen LogP contribution in [0.4, 0.5) is 0 Å². The average molecular weight is 230 g/mol. The van der Waals surface area contributed by atoms with Crippen LogP contribution >= 0.6 is 0 Å². The van der Waals surface area contributed by atoms with Crippen LogP contribution in [-0.4, -0.2) is 9.55 Å². The van der Waals surface area contributed by atoms with Crippen LogP contribution < -0.4 is 0 Å². The van der Waals surface area contributed by atoms with E-state index in [1.165, 1.54) is 17.0 Å². The van der Waals surface area contributed by atoms with E-state index in [0.717, 1.165) is 11.5 Å². The van der Waals surface area contributed by atoms with Gasteiger partial charge in [-0.25, -0.2) is 4.98 Å². The Morgan fingerprint density at radius 2 is 1.41 bits per heavy atom. The Morgan fingerprint density at radius 3 is 1.88 bits per heavy atom. The number of aromatic nitrogens is 2. The molecular weight excluding hydrogens is 208 g/mol. The second kappa shape index (κ2) is 5.67. The summed E-state index contributed by atoms with van der Waals surface area (Å²) in [5.74, 6) is 1.02. The quantitative estimate of drug-likeness (QED) is 0.720. The summed E-state index contributed by atoms with van der Waals surface area (Å²) in [6.45, 7) is 12.3. The lowest BCUT2D eigenvalue weighted by atomic mass is 10.2. The predicted molar refractivity (Wildman–Crippen MR) is 73.9 cm³/mol. The number of rotatable bonds is 1. The van der Waals surface area contributed by atoms with E-state index in [2.05, 4.69) is 54.6 Å². The van der Waals surface area contributed by atoms with Gasteiger partial charge >= 0.3 is 0 Å². The van der Waals surface area contributed by atoms with E-state index in [1.54, 1.807) is 0 Å². The monoisotopic (exact) mass is 230 g/mol. The molecule has 0 radical (unpaired) electrons. The molecular formula is C15H22N2. The zero-order chi connectivity index (χ0) is 13.0. The summed E-state index contributed by atoms with van der Waals surface area (Å²) in [7, 11) is 0. The van der Waals surface area contributed by atoms with E-state index in [-0.39, 0.29) is 0 Å². The average Bonchev–Trinajstić information content (AvgIpc) is 2.60. The van der Waals surface area contributed by atoms with Gasteiger partial charge in [-0.2, -0.15) is 0 Å². The first-order valence-corrected chi connectivity index (χ1v) is 6.18. The molecule has 0 fully saturated rings. The molecule has 2 rings (SSSR count). The summed E-state index contributed by atoms with van der Waals surface area (Å²) in [5.41, 5.74) is 4.78. The fraction of sp³-hybridized carbons (Fsp3) is 0.400. The molecule has 0 spiro atoms. The molecule has 2 heterocycles. The van der Waals surface area contributed by atoms with Gasteiger partial charge in [0.05, 0.1) is 0 Å². The fourth-order valence-electron chi connectivity index (χ4n) is 1.96. The molecule has 0 saturated heterocycles. The van der Waals surface area contributed by atoms with Crippen molar-refractivity contribution in [3.05, 3.63) is 46.9 Å². The largest absolute Gasteiger partial charge is 0.303 e. The lowest BCUT2D eigenvalue weighted by Gasteiger charge is -2.10. The molecule has 17 heavy (non-hydrogen) atoms. The second-order valence-corrected chi connectivity index (χ2v) is 4.10. The molecule has 0 N–H and O–H groups in total. The van der Waals surface area contributed by atoms with Crippen molar-refractivity contribution in [2.24, 2.45) is 0 Å². The standard InChI is InChI=1S/C13H16N2.C2H6/c1-9-7-10(2)14-13(8-9)15-11(3)5-6-12(15)4;1-2/h5-8H,1-4H3;1-2H3. The minimum atomic E-state index is 1.02. The summed E-state index contributed by atoms with van der Waals surface area (Å²) in [5, 5.41) is 0. The van der Waals surface area contributed by atoms with Gasteiger partial charge in [-0.3, -0.25) is 0 Å². The Bertz CT molecular complexity index is 456. The minimum Gasteiger partial charge on any atom is -0.303 e. The highest BCUT2D eigenvalue weighted by molar-refractivity contribution is 5.35. The van der Waals surface area contributed by atoms with Crippen LogP contribution in [0.3, 0.4) is 0 Å². The van der Waals surface area contributed by atoms with Crippen molar-refractivity contribution in [3.63, 3.8) is 0 Å². The number of nitrogens with zero attached hydrogens (tertiary/aromatic N) is 2. The van der Waals surface area contributed by atoms with E-state index in [0.29, 0.717) is 0 Å². The van der Waals surface area contributed by atoms with Crippen molar-refractivity contribution in [2.75, 3.05) is 0 Å². The summed E-state index contributed by atoms with van der Waals surface area (Å²) >= 11 is 0. The summed E-state index contributed by atoms with van der Waals surface area (Å²) < 4.78 is 2.18. The maximum absolute atomic E-state index is 4.56. The highest BCUT2D eigenvalue weighted by atomic mass is 15.1. The molecule has 2 heteroatoms. The van der Waals surface area contributed by atoms with Crippen molar-refractivity contribution >= 4 is 0 Å². The van der Waals surface area contributed by atoms with E-state index >= 15 is 0 Å². The van der Waals surface area contributed by atoms with Gasteiger partial charge in [-0.1, -0.05) is 13.8 Å². The highest BCUT2D eigenvalue weighted by Gasteiger charge is 2.05. The smallest absolute Gasteiger partial charge is 0.137 e. The van der Waals surface area contributed by atoms with E-state index in [4.69, 9.17) is 0 Å². The number of aryl methyl sites for hydroxylation is 4. The van der Waals surface area contributed by atoms with Crippen LogP contribution in [0.15, 0.2) is 24.3 Å². The van der Waals surface area contributed by atoms with Crippen LogP contribution in [0.25, 0.3) is 5.82 Å². The minimum absolute atomic E-state index is 1.02. The molecule has 0 bridgehead atoms. The van der Waals surface area contributed by atoms with Crippen LogP contribution in [0.1, 0.15) is 36.5 Å². The predicted octanol–water partition coefficient (Wildman–Crippen LogP) is 4.13. The lowest BCUT2D eigenvalue weighted by Crippen LogP contribution is -2.02. The molecule has 0 aliphatic carbocycles. The molecule has 0 aromatic carbocycles. The SMILES string of the molecule is CC.Cc1cc(C)nc(-n2c(C)ccc2C)c1. The van der Waals surface area contributed by atoms with Gasteiger partial charge in [0.15, 0.2) is 0 Å². The first-order chi connectivity index (χ1) is 8.08. The summed E-state index contributed by atoms with van der Waals surface area (Å²) in [4.78, 5) is 4.56. The second-order valence-electron chi connectivity index (χ2n) is 4.10. The molecule has 0 amide bonds. The van der Waals surface area contributed by atoms with Gasteiger partial charge in [-0.05, 0) is 57.5 Å². The van der Waals surface area contributed by atoms with Crippen LogP contribution in [0, 0.1) is 27.7 Å². The normalized spacial score (nSPS) is 9.76. The Balaban J connectivity index is 0.000000686. The zero-order valence-corrected chi connectivity index (χ0v) is 11.7. The van der Waals surface area contributed by atoms with Crippen LogP contribution in [-0.2, 0) is 0 Å². The maximum Gasteiger partial charge on any atom is 0.137 e. The van der Waals surface area contributed by atoms with Crippen LogP contribution in [0.5, 0.6) is 0 Å². The Labute approximate surface area is 104 Å². The van der Waals surface area contributed by atoms with Crippen LogP contribution in [0.2, 0.25) is 0 Å². The maximum atomic E-state index is 4.56. The first-order valence-electron chi connectivity index (χ1n) is 6.18. The molecule has 0 saturated carbocycles. The molecule has 0 atom stereocenters. The molecule has 2 aromatic heterocycles. The van der Waals surface area contributed by atoms with E-state index in [9.17, 15) is 0 Å². The van der Waals surface area contributed by atoms with E-state index in [1.807, 2.05) is 20.8 Å². The third kappa shape index (κ3) is 2.96. The number of pyridine rings is 1. The summed E-state index contributed by atoms with van der Waals surface area (Å²) in [6, 6.07) is 8.45. The first kappa shape index (κ1) is 13.5. The molecule has 2 aromatic rings. The third-order valence-corrected chi connectivity index (χ3v) is 2.58. The highest BCUT2D eigenvalue weighted by Crippen LogP contribution is 2.16. The zero-order valence-electron chi connectivity index (χ0n) is 11.7. The van der Waals surface area contributed by atoms with Gasteiger partial charge in [0, 0.05) is 17.1 Å². The Morgan fingerprint density at radius 1 is 0.882 bits per heavy atom. The topological polar surface area (TPSA) is 17.8 Å². The molecule has 2 nitrogen and oxygen atoms in total. The molecule has 0 aliphatic rings. The van der Waals surface area contributed by atoms with Crippen molar-refractivity contribution in [2.45, 2.75) is 41.5 Å². The fourth-order valence-corrected chi connectivity index (χ4v) is 1.96. The van der Waals surface area contributed by atoms with Gasteiger partial charge in [0.25, 0.3) is 0 Å². The van der Waals surface area contributed by atoms with Gasteiger partial charge < -0.3 is 4.57 Å². The molecule has 92 valence electrons. The summed E-state index contributed by atoms with van der Waals surface area (Å²) in [6.07, 6.45) is 0. The van der Waals surface area contributed by atoms with Gasteiger partial charge in [-0.15, -0.1) is 0 Å². The van der Waals surface area contributed by atoms with Crippen molar-refractivity contribution in [1.29, 1.82) is 0 Å². The van der Waals surface area contributed by atoms with Crippen molar-refractivity contribution < 1.29 is 0 Å². The number of hydrogen-bond donors (Lipinski definition) is 0. The van der Waals surface area contributed by atoms with E-state index < -0.39 is 0 Å². The molecule has 0 aliphatic heterocycles. The van der Waals surface area contributed by atoms with Crippen molar-refractivity contribution in [1.82, 2.24) is 9.55 Å². The molecule has 0 unspecified atom stereocenters. The third-order valence-electron chi connectivity index (χ3n) is 2.58. The lowest BCUT2D eigenvalue weighted by molar-refractivity contribution is 0.909. The van der Waals surface area contributed by atoms with Gasteiger partial charge in [0.1, 0.15) is 5.82 Å². The Hall–Kier alpha value is -1.57. The van der Waals surface area contributed by atoms with Crippen molar-refractivity contribution in [3.8, 4) is 5.82 Å².